The summed E-state index contributed by atoms with van der Waals surface area (Å²) in [6, 6.07) is 6.78. The standard InChI is InChI=1S/C13H18O4/c1-3-7-17-12(13(15)16-2)9-10-5-4-6-11(14)8-10/h4-6,8,12,14H,3,7,9H2,1-2H3. The zero-order valence-corrected chi connectivity index (χ0v) is 10.2. The molecule has 0 aliphatic rings. The van der Waals surface area contributed by atoms with Crippen LogP contribution in [0.2, 0.25) is 0 Å². The third kappa shape index (κ3) is 4.44. The van der Waals surface area contributed by atoms with Crippen molar-refractivity contribution in [2.45, 2.75) is 25.9 Å². The van der Waals surface area contributed by atoms with Crippen molar-refractivity contribution in [3.05, 3.63) is 29.8 Å². The van der Waals surface area contributed by atoms with E-state index in [1.807, 2.05) is 13.0 Å². The fourth-order valence-corrected chi connectivity index (χ4v) is 1.50. The molecule has 0 saturated carbocycles. The van der Waals surface area contributed by atoms with Crippen molar-refractivity contribution in [2.75, 3.05) is 13.7 Å². The van der Waals surface area contributed by atoms with Gasteiger partial charge in [-0.25, -0.2) is 4.79 Å². The summed E-state index contributed by atoms with van der Waals surface area (Å²) in [5, 5.41) is 9.34. The summed E-state index contributed by atoms with van der Waals surface area (Å²) >= 11 is 0. The highest BCUT2D eigenvalue weighted by Gasteiger charge is 2.20. The summed E-state index contributed by atoms with van der Waals surface area (Å²) in [4.78, 5) is 11.5. The van der Waals surface area contributed by atoms with E-state index in [1.165, 1.54) is 7.11 Å². The van der Waals surface area contributed by atoms with E-state index in [0.29, 0.717) is 13.0 Å². The second kappa shape index (κ2) is 6.91. The lowest BCUT2D eigenvalue weighted by Crippen LogP contribution is -2.28. The molecule has 1 aromatic rings. The summed E-state index contributed by atoms with van der Waals surface area (Å²) < 4.78 is 10.1. The zero-order chi connectivity index (χ0) is 12.7. The molecule has 0 bridgehead atoms. The van der Waals surface area contributed by atoms with E-state index in [2.05, 4.69) is 4.74 Å². The number of phenolic OH excluding ortho intramolecular Hbond substituents is 1. The molecule has 0 aliphatic heterocycles. The second-order valence-corrected chi connectivity index (χ2v) is 3.76. The van der Waals surface area contributed by atoms with E-state index < -0.39 is 6.10 Å². The van der Waals surface area contributed by atoms with Crippen LogP contribution in [0, 0.1) is 0 Å². The van der Waals surface area contributed by atoms with Crippen molar-refractivity contribution in [1.82, 2.24) is 0 Å². The van der Waals surface area contributed by atoms with E-state index in [4.69, 9.17) is 4.74 Å². The van der Waals surface area contributed by atoms with Crippen LogP contribution in [0.4, 0.5) is 0 Å². The predicted octanol–water partition coefficient (Wildman–Crippen LogP) is 1.90. The molecule has 1 N–H and O–H groups in total. The van der Waals surface area contributed by atoms with Crippen LogP contribution < -0.4 is 0 Å². The number of benzene rings is 1. The molecule has 4 nitrogen and oxygen atoms in total. The number of hydrogen-bond acceptors (Lipinski definition) is 4. The van der Waals surface area contributed by atoms with Gasteiger partial charge in [-0.05, 0) is 24.1 Å². The first-order valence-electron chi connectivity index (χ1n) is 5.64. The minimum Gasteiger partial charge on any atom is -0.508 e. The maximum atomic E-state index is 11.5. The summed E-state index contributed by atoms with van der Waals surface area (Å²) in [7, 11) is 1.34. The second-order valence-electron chi connectivity index (χ2n) is 3.76. The van der Waals surface area contributed by atoms with Gasteiger partial charge in [0.1, 0.15) is 5.75 Å². The minimum absolute atomic E-state index is 0.182. The van der Waals surface area contributed by atoms with Crippen LogP contribution in [0.25, 0.3) is 0 Å². The van der Waals surface area contributed by atoms with Gasteiger partial charge in [0.15, 0.2) is 6.10 Å². The van der Waals surface area contributed by atoms with Gasteiger partial charge in [0.05, 0.1) is 7.11 Å². The molecule has 0 aromatic heterocycles. The van der Waals surface area contributed by atoms with E-state index in [9.17, 15) is 9.90 Å². The highest BCUT2D eigenvalue weighted by molar-refractivity contribution is 5.75. The van der Waals surface area contributed by atoms with E-state index >= 15 is 0 Å². The lowest BCUT2D eigenvalue weighted by atomic mass is 10.1. The molecular weight excluding hydrogens is 220 g/mol. The van der Waals surface area contributed by atoms with Crippen molar-refractivity contribution in [2.24, 2.45) is 0 Å². The molecule has 1 rings (SSSR count). The predicted molar refractivity (Wildman–Crippen MR) is 63.9 cm³/mol. The molecular formula is C13H18O4. The van der Waals surface area contributed by atoms with Crippen LogP contribution in [0.15, 0.2) is 24.3 Å². The van der Waals surface area contributed by atoms with E-state index in [1.54, 1.807) is 18.2 Å². The third-order valence-corrected chi connectivity index (χ3v) is 2.32. The Balaban J connectivity index is 2.68. The van der Waals surface area contributed by atoms with Crippen molar-refractivity contribution < 1.29 is 19.4 Å². The van der Waals surface area contributed by atoms with Gasteiger partial charge >= 0.3 is 5.97 Å². The SMILES string of the molecule is CCCOC(Cc1cccc(O)c1)C(=O)OC. The number of carbonyl (C=O) groups is 1. The molecule has 1 aromatic carbocycles. The molecule has 0 heterocycles. The van der Waals surface area contributed by atoms with Crippen LogP contribution in [0.5, 0.6) is 5.75 Å². The van der Waals surface area contributed by atoms with Gasteiger partial charge in [-0.2, -0.15) is 0 Å². The largest absolute Gasteiger partial charge is 0.508 e. The molecule has 0 amide bonds. The van der Waals surface area contributed by atoms with Gasteiger partial charge in [0.25, 0.3) is 0 Å². The van der Waals surface area contributed by atoms with Crippen molar-refractivity contribution >= 4 is 5.97 Å². The average molecular weight is 238 g/mol. The maximum Gasteiger partial charge on any atom is 0.335 e. The Kier molecular flexibility index (Phi) is 5.49. The lowest BCUT2D eigenvalue weighted by Gasteiger charge is -2.15. The molecule has 0 radical (unpaired) electrons. The van der Waals surface area contributed by atoms with Crippen LogP contribution >= 0.6 is 0 Å². The number of carbonyl (C=O) groups excluding carboxylic acids is 1. The molecule has 0 spiro atoms. The molecule has 1 atom stereocenters. The Hall–Kier alpha value is -1.55. The van der Waals surface area contributed by atoms with Gasteiger partial charge < -0.3 is 14.6 Å². The molecule has 0 fully saturated rings. The number of aromatic hydroxyl groups is 1. The Morgan fingerprint density at radius 1 is 1.47 bits per heavy atom. The van der Waals surface area contributed by atoms with E-state index in [-0.39, 0.29) is 11.7 Å². The fraction of sp³-hybridized carbons (Fsp3) is 0.462. The maximum absolute atomic E-state index is 11.5. The Morgan fingerprint density at radius 2 is 2.24 bits per heavy atom. The number of ether oxygens (including phenoxy) is 2. The topological polar surface area (TPSA) is 55.8 Å². The van der Waals surface area contributed by atoms with Crippen LogP contribution in [-0.2, 0) is 20.7 Å². The first-order chi connectivity index (χ1) is 8.17. The summed E-state index contributed by atoms with van der Waals surface area (Å²) in [5.74, 6) is -0.205. The van der Waals surface area contributed by atoms with Crippen molar-refractivity contribution in [3.63, 3.8) is 0 Å². The fourth-order valence-electron chi connectivity index (χ4n) is 1.50. The summed E-state index contributed by atoms with van der Waals surface area (Å²) in [6.07, 6.45) is 0.635. The number of hydrogen-bond donors (Lipinski definition) is 1. The van der Waals surface area contributed by atoms with Crippen molar-refractivity contribution in [1.29, 1.82) is 0 Å². The monoisotopic (exact) mass is 238 g/mol. The Bertz CT molecular complexity index is 362. The number of phenols is 1. The summed E-state index contributed by atoms with van der Waals surface area (Å²) in [5.41, 5.74) is 0.844. The first-order valence-corrected chi connectivity index (χ1v) is 5.64. The van der Waals surface area contributed by atoms with Crippen molar-refractivity contribution in [3.8, 4) is 5.75 Å². The number of esters is 1. The van der Waals surface area contributed by atoms with Crippen LogP contribution in [-0.4, -0.2) is 30.9 Å². The van der Waals surface area contributed by atoms with Crippen LogP contribution in [0.1, 0.15) is 18.9 Å². The van der Waals surface area contributed by atoms with Gasteiger partial charge in [-0.15, -0.1) is 0 Å². The minimum atomic E-state index is -0.609. The van der Waals surface area contributed by atoms with Gasteiger partial charge in [0, 0.05) is 13.0 Å². The molecule has 0 saturated heterocycles. The van der Waals surface area contributed by atoms with Crippen LogP contribution in [0.3, 0.4) is 0 Å². The third-order valence-electron chi connectivity index (χ3n) is 2.32. The molecule has 0 aliphatic carbocycles. The highest BCUT2D eigenvalue weighted by atomic mass is 16.6. The Labute approximate surface area is 101 Å². The lowest BCUT2D eigenvalue weighted by molar-refractivity contribution is -0.154. The average Bonchev–Trinajstić information content (AvgIpc) is 2.33. The molecule has 17 heavy (non-hydrogen) atoms. The number of methoxy groups -OCH3 is 1. The van der Waals surface area contributed by atoms with Gasteiger partial charge in [-0.3, -0.25) is 0 Å². The quantitative estimate of drug-likeness (QED) is 0.769. The molecule has 94 valence electrons. The van der Waals surface area contributed by atoms with Gasteiger partial charge in [-0.1, -0.05) is 19.1 Å². The smallest absolute Gasteiger partial charge is 0.335 e. The summed E-state index contributed by atoms with van der Waals surface area (Å²) in [6.45, 7) is 2.49. The highest BCUT2D eigenvalue weighted by Crippen LogP contribution is 2.14. The van der Waals surface area contributed by atoms with Gasteiger partial charge in [0.2, 0.25) is 0 Å². The Morgan fingerprint density at radius 3 is 2.82 bits per heavy atom. The zero-order valence-electron chi connectivity index (χ0n) is 10.2. The first kappa shape index (κ1) is 13.5. The normalized spacial score (nSPS) is 12.1. The molecule has 1 unspecified atom stereocenters. The number of rotatable bonds is 6. The van der Waals surface area contributed by atoms with E-state index in [0.717, 1.165) is 12.0 Å². The molecule has 4 heteroatoms.